The van der Waals surface area contributed by atoms with Crippen LogP contribution in [0.1, 0.15) is 49.0 Å². The number of anilines is 1. The number of non-ortho nitro benzene ring substituents is 1. The molecule has 5 rings (SSSR count). The molecule has 0 radical (unpaired) electrons. The Kier molecular flexibility index (Phi) is 7.87. The van der Waals surface area contributed by atoms with Crippen molar-refractivity contribution in [3.8, 4) is 0 Å². The molecule has 2 aliphatic heterocycles. The predicted molar refractivity (Wildman–Crippen MR) is 154 cm³/mol. The number of dihydropyridines is 1. The number of nitro groups is 1. The number of ether oxygens (including phenoxy) is 2. The molecule has 2 heterocycles. The van der Waals surface area contributed by atoms with Crippen LogP contribution in [0.3, 0.4) is 0 Å². The van der Waals surface area contributed by atoms with Gasteiger partial charge >= 0.3 is 11.9 Å². The normalized spacial score (nSPS) is 18.4. The van der Waals surface area contributed by atoms with Crippen molar-refractivity contribution >= 4 is 23.3 Å². The van der Waals surface area contributed by atoms with Gasteiger partial charge in [0.05, 0.1) is 29.1 Å². The van der Waals surface area contributed by atoms with E-state index in [9.17, 15) is 19.7 Å². The highest BCUT2D eigenvalue weighted by Crippen LogP contribution is 2.42. The number of carbonyl (C=O) groups excluding carboxylic acids is 2. The van der Waals surface area contributed by atoms with Crippen molar-refractivity contribution in [2.24, 2.45) is 0 Å². The molecule has 9 nitrogen and oxygen atoms in total. The average Bonchev–Trinajstić information content (AvgIpc) is 2.98. The Morgan fingerprint density at radius 1 is 0.951 bits per heavy atom. The van der Waals surface area contributed by atoms with Crippen molar-refractivity contribution in [3.63, 3.8) is 0 Å². The van der Waals surface area contributed by atoms with Crippen LogP contribution >= 0.6 is 0 Å². The molecule has 3 aromatic carbocycles. The number of benzene rings is 3. The maximum Gasteiger partial charge on any atom is 0.337 e. The topological polar surface area (TPSA) is 111 Å². The van der Waals surface area contributed by atoms with Crippen molar-refractivity contribution in [1.29, 1.82) is 0 Å². The fourth-order valence-electron chi connectivity index (χ4n) is 5.68. The first-order chi connectivity index (χ1) is 19.8. The molecule has 3 aromatic rings. The van der Waals surface area contributed by atoms with Crippen LogP contribution in [0.25, 0.3) is 0 Å². The van der Waals surface area contributed by atoms with E-state index in [2.05, 4.69) is 22.3 Å². The number of nitro benzene ring substituents is 1. The summed E-state index contributed by atoms with van der Waals surface area (Å²) in [4.78, 5) is 40.3. The predicted octanol–water partition coefficient (Wildman–Crippen LogP) is 5.70. The number of methoxy groups -OCH3 is 1. The number of hydrogen-bond donors (Lipinski definition) is 1. The second-order valence-corrected chi connectivity index (χ2v) is 10.1. The Morgan fingerprint density at radius 3 is 2.34 bits per heavy atom. The second-order valence-electron chi connectivity index (χ2n) is 10.1. The van der Waals surface area contributed by atoms with Crippen LogP contribution in [0.2, 0.25) is 0 Å². The van der Waals surface area contributed by atoms with Gasteiger partial charge in [-0.2, -0.15) is 0 Å². The van der Waals surface area contributed by atoms with E-state index < -0.39 is 28.9 Å². The standard InChI is InChI=1S/C32H31N3O6/c1-20-28(31(36)40-3)30(23-12-9-13-24(18-23)35(38)39)29(21(2)33-20)32(37)41-27-16-17-34(19-22-10-5-4-6-11-22)26-15-8-7-14-25(26)27/h4-15,18,27,30,33H,16-17,19H2,1-3H3. The number of nitrogens with zero attached hydrogens (tertiary/aromatic N) is 2. The molecule has 0 saturated carbocycles. The summed E-state index contributed by atoms with van der Waals surface area (Å²) in [5.41, 5.74) is 4.77. The maximum absolute atomic E-state index is 14.0. The summed E-state index contributed by atoms with van der Waals surface area (Å²) in [6.45, 7) is 4.85. The summed E-state index contributed by atoms with van der Waals surface area (Å²) in [6, 6.07) is 24.0. The molecule has 0 aliphatic carbocycles. The Hall–Kier alpha value is -4.92. The van der Waals surface area contributed by atoms with E-state index >= 15 is 0 Å². The SMILES string of the molecule is COC(=O)C1=C(C)NC(C)=C(C(=O)OC2CCN(Cc3ccccc3)c3ccccc32)C1c1cccc([N+](=O)[O-])c1. The maximum atomic E-state index is 14.0. The summed E-state index contributed by atoms with van der Waals surface area (Å²) in [7, 11) is 1.26. The average molecular weight is 554 g/mol. The van der Waals surface area contributed by atoms with E-state index in [4.69, 9.17) is 9.47 Å². The van der Waals surface area contributed by atoms with Crippen molar-refractivity contribution in [1.82, 2.24) is 5.32 Å². The van der Waals surface area contributed by atoms with Gasteiger partial charge in [-0.05, 0) is 31.0 Å². The summed E-state index contributed by atoms with van der Waals surface area (Å²) < 4.78 is 11.2. The molecule has 0 saturated heterocycles. The van der Waals surface area contributed by atoms with E-state index in [-0.39, 0.29) is 16.8 Å². The first-order valence-corrected chi connectivity index (χ1v) is 13.4. The lowest BCUT2D eigenvalue weighted by Gasteiger charge is -2.36. The molecule has 2 unspecified atom stereocenters. The highest BCUT2D eigenvalue weighted by Gasteiger charge is 2.39. The lowest BCUT2D eigenvalue weighted by atomic mass is 9.80. The smallest absolute Gasteiger partial charge is 0.337 e. The van der Waals surface area contributed by atoms with E-state index in [0.717, 1.165) is 17.8 Å². The van der Waals surface area contributed by atoms with Crippen molar-refractivity contribution in [3.05, 3.63) is 128 Å². The fraction of sp³-hybridized carbons (Fsp3) is 0.250. The molecular weight excluding hydrogens is 522 g/mol. The zero-order valence-electron chi connectivity index (χ0n) is 23.1. The Bertz CT molecular complexity index is 1560. The van der Waals surface area contributed by atoms with Crippen molar-refractivity contribution in [2.75, 3.05) is 18.6 Å². The number of allylic oxidation sites excluding steroid dienone is 2. The van der Waals surface area contributed by atoms with Gasteiger partial charge < -0.3 is 19.7 Å². The largest absolute Gasteiger partial charge is 0.466 e. The molecule has 2 aliphatic rings. The van der Waals surface area contributed by atoms with Crippen LogP contribution in [-0.2, 0) is 25.6 Å². The van der Waals surface area contributed by atoms with Crippen LogP contribution in [0.15, 0.2) is 101 Å². The number of rotatable bonds is 7. The number of esters is 2. The summed E-state index contributed by atoms with van der Waals surface area (Å²) in [6.07, 6.45) is 0.0700. The van der Waals surface area contributed by atoms with Gasteiger partial charge in [-0.25, -0.2) is 9.59 Å². The third-order valence-electron chi connectivity index (χ3n) is 7.55. The van der Waals surface area contributed by atoms with Crippen LogP contribution in [0.4, 0.5) is 11.4 Å². The van der Waals surface area contributed by atoms with Gasteiger partial charge in [-0.1, -0.05) is 60.7 Å². The number of nitrogens with one attached hydrogen (secondary N) is 1. The third-order valence-corrected chi connectivity index (χ3v) is 7.55. The highest BCUT2D eigenvalue weighted by atomic mass is 16.6. The van der Waals surface area contributed by atoms with Gasteiger partial charge in [0, 0.05) is 54.3 Å². The summed E-state index contributed by atoms with van der Waals surface area (Å²) in [5.74, 6) is -2.15. The zero-order chi connectivity index (χ0) is 29.1. The van der Waals surface area contributed by atoms with Crippen LogP contribution in [-0.4, -0.2) is 30.5 Å². The molecule has 0 spiro atoms. The lowest BCUT2D eigenvalue weighted by molar-refractivity contribution is -0.384. The van der Waals surface area contributed by atoms with Crippen molar-refractivity contribution in [2.45, 2.75) is 38.8 Å². The lowest BCUT2D eigenvalue weighted by Crippen LogP contribution is -2.35. The zero-order valence-corrected chi connectivity index (χ0v) is 23.1. The summed E-state index contributed by atoms with van der Waals surface area (Å²) >= 11 is 0. The van der Waals surface area contributed by atoms with Crippen LogP contribution in [0.5, 0.6) is 0 Å². The molecule has 0 fully saturated rings. The van der Waals surface area contributed by atoms with Gasteiger partial charge in [-0.3, -0.25) is 10.1 Å². The Morgan fingerprint density at radius 2 is 1.63 bits per heavy atom. The first kappa shape index (κ1) is 27.6. The Balaban J connectivity index is 1.48. The molecule has 41 heavy (non-hydrogen) atoms. The fourth-order valence-corrected chi connectivity index (χ4v) is 5.68. The number of hydrogen-bond acceptors (Lipinski definition) is 8. The molecule has 0 bridgehead atoms. The van der Waals surface area contributed by atoms with E-state index in [1.807, 2.05) is 42.5 Å². The van der Waals surface area contributed by atoms with Crippen LogP contribution < -0.4 is 10.2 Å². The second kappa shape index (κ2) is 11.7. The minimum Gasteiger partial charge on any atom is -0.466 e. The number of fused-ring (bicyclic) bond motifs is 1. The van der Waals surface area contributed by atoms with Gasteiger partial charge in [-0.15, -0.1) is 0 Å². The molecular formula is C32H31N3O6. The minimum absolute atomic E-state index is 0.145. The van der Waals surface area contributed by atoms with E-state index in [0.29, 0.717) is 29.9 Å². The molecule has 1 N–H and O–H groups in total. The minimum atomic E-state index is -0.912. The van der Waals surface area contributed by atoms with Gasteiger partial charge in [0.15, 0.2) is 0 Å². The van der Waals surface area contributed by atoms with Crippen LogP contribution in [0, 0.1) is 10.1 Å². The van der Waals surface area contributed by atoms with E-state index in [1.54, 1.807) is 19.9 Å². The first-order valence-electron chi connectivity index (χ1n) is 13.4. The van der Waals surface area contributed by atoms with Gasteiger partial charge in [0.25, 0.3) is 5.69 Å². The molecule has 9 heteroatoms. The molecule has 0 aromatic heterocycles. The molecule has 2 atom stereocenters. The quantitative estimate of drug-likeness (QED) is 0.225. The summed E-state index contributed by atoms with van der Waals surface area (Å²) in [5, 5.41) is 14.7. The third kappa shape index (κ3) is 5.56. The highest BCUT2D eigenvalue weighted by molar-refractivity contribution is 6.00. The number of carbonyl (C=O) groups is 2. The molecule has 0 amide bonds. The Labute approximate surface area is 238 Å². The van der Waals surface area contributed by atoms with Gasteiger partial charge in [0.2, 0.25) is 0 Å². The number of para-hydroxylation sites is 1. The van der Waals surface area contributed by atoms with E-state index in [1.165, 1.54) is 30.9 Å². The van der Waals surface area contributed by atoms with Gasteiger partial charge in [0.1, 0.15) is 6.10 Å². The van der Waals surface area contributed by atoms with Crippen molar-refractivity contribution < 1.29 is 24.0 Å². The molecule has 210 valence electrons. The monoisotopic (exact) mass is 553 g/mol.